The Morgan fingerprint density at radius 2 is 1.84 bits per heavy atom. The van der Waals surface area contributed by atoms with Crippen molar-refractivity contribution in [3.05, 3.63) is 18.2 Å². The van der Waals surface area contributed by atoms with E-state index in [9.17, 15) is 0 Å². The van der Waals surface area contributed by atoms with E-state index in [1.54, 1.807) is 0 Å². The van der Waals surface area contributed by atoms with Gasteiger partial charge in [-0.3, -0.25) is 0 Å². The molecule has 1 aromatic heterocycles. The second-order valence-corrected chi connectivity index (χ2v) is 6.39. The van der Waals surface area contributed by atoms with Crippen LogP contribution in [0.5, 0.6) is 0 Å². The molecule has 0 aliphatic rings. The Morgan fingerprint density at radius 3 is 2.26 bits per heavy atom. The van der Waals surface area contributed by atoms with Crippen LogP contribution in [0.25, 0.3) is 0 Å². The van der Waals surface area contributed by atoms with Crippen LogP contribution < -0.4 is 5.73 Å². The third-order valence-electron chi connectivity index (χ3n) is 3.81. The lowest BCUT2D eigenvalue weighted by Gasteiger charge is -2.30. The Balaban J connectivity index is 3.08. The molecule has 19 heavy (non-hydrogen) atoms. The molecule has 0 radical (unpaired) electrons. The molecular weight excluding hydrogens is 236 g/mol. The Kier molecular flexibility index (Phi) is 6.01. The number of rotatable bonds is 7. The van der Waals surface area contributed by atoms with Gasteiger partial charge in [0.25, 0.3) is 0 Å². The summed E-state index contributed by atoms with van der Waals surface area (Å²) in [7, 11) is 4.24. The number of imidazole rings is 1. The van der Waals surface area contributed by atoms with Gasteiger partial charge in [0.05, 0.1) is 6.33 Å². The van der Waals surface area contributed by atoms with Crippen molar-refractivity contribution in [2.45, 2.75) is 39.7 Å². The fourth-order valence-corrected chi connectivity index (χ4v) is 2.61. The highest BCUT2D eigenvalue weighted by atomic mass is 15.2. The van der Waals surface area contributed by atoms with Crippen LogP contribution in [0.15, 0.2) is 12.5 Å². The van der Waals surface area contributed by atoms with Gasteiger partial charge in [0.15, 0.2) is 0 Å². The predicted octanol–water partition coefficient (Wildman–Crippen LogP) is 2.34. The van der Waals surface area contributed by atoms with Gasteiger partial charge in [0.2, 0.25) is 0 Å². The Morgan fingerprint density at radius 1 is 1.21 bits per heavy atom. The minimum atomic E-state index is 0.380. The summed E-state index contributed by atoms with van der Waals surface area (Å²) in [5.41, 5.74) is 7.24. The van der Waals surface area contributed by atoms with Crippen LogP contribution in [0.1, 0.15) is 45.3 Å². The molecule has 1 heterocycles. The predicted molar refractivity (Wildman–Crippen MR) is 81.3 cm³/mol. The standard InChI is InChI=1S/C15H30N4/c1-11(2)13(7-16)14-8-17-10-19(14)15(12(3)4)9-18(5)6/h8,10-13,15H,7,9,16H2,1-6H3. The van der Waals surface area contributed by atoms with Crippen molar-refractivity contribution in [1.29, 1.82) is 0 Å². The number of hydrogen-bond acceptors (Lipinski definition) is 3. The molecule has 0 fully saturated rings. The molecule has 4 nitrogen and oxygen atoms in total. The first kappa shape index (κ1) is 16.2. The topological polar surface area (TPSA) is 47.1 Å². The zero-order chi connectivity index (χ0) is 14.6. The van der Waals surface area contributed by atoms with Crippen molar-refractivity contribution in [2.75, 3.05) is 27.2 Å². The molecule has 0 amide bonds. The molecule has 2 unspecified atom stereocenters. The zero-order valence-corrected chi connectivity index (χ0v) is 13.3. The number of hydrogen-bond donors (Lipinski definition) is 1. The van der Waals surface area contributed by atoms with Gasteiger partial charge in [-0.15, -0.1) is 0 Å². The highest BCUT2D eigenvalue weighted by Crippen LogP contribution is 2.28. The second kappa shape index (κ2) is 7.06. The Hall–Kier alpha value is -0.870. The molecule has 0 saturated heterocycles. The van der Waals surface area contributed by atoms with E-state index in [-0.39, 0.29) is 0 Å². The summed E-state index contributed by atoms with van der Waals surface area (Å²) >= 11 is 0. The number of nitrogens with zero attached hydrogens (tertiary/aromatic N) is 3. The molecular formula is C15H30N4. The van der Waals surface area contributed by atoms with Crippen molar-refractivity contribution < 1.29 is 0 Å². The quantitative estimate of drug-likeness (QED) is 0.824. The van der Waals surface area contributed by atoms with Crippen molar-refractivity contribution in [3.63, 3.8) is 0 Å². The van der Waals surface area contributed by atoms with Gasteiger partial charge in [-0.05, 0) is 25.9 Å². The van der Waals surface area contributed by atoms with Crippen molar-refractivity contribution >= 4 is 0 Å². The summed E-state index contributed by atoms with van der Waals surface area (Å²) in [6, 6.07) is 0.445. The van der Waals surface area contributed by atoms with E-state index in [2.05, 4.69) is 56.2 Å². The van der Waals surface area contributed by atoms with Crippen LogP contribution in [-0.2, 0) is 0 Å². The van der Waals surface area contributed by atoms with E-state index in [4.69, 9.17) is 5.73 Å². The molecule has 1 aromatic rings. The van der Waals surface area contributed by atoms with Gasteiger partial charge in [0, 0.05) is 36.9 Å². The van der Waals surface area contributed by atoms with Crippen LogP contribution in [0.4, 0.5) is 0 Å². The third kappa shape index (κ3) is 4.05. The maximum Gasteiger partial charge on any atom is 0.0951 e. The maximum atomic E-state index is 5.96. The number of likely N-dealkylation sites (N-methyl/N-ethyl adjacent to an activating group) is 1. The lowest BCUT2D eigenvalue weighted by atomic mass is 9.92. The second-order valence-electron chi connectivity index (χ2n) is 6.39. The van der Waals surface area contributed by atoms with Crippen LogP contribution >= 0.6 is 0 Å². The molecule has 2 atom stereocenters. The van der Waals surface area contributed by atoms with E-state index in [0.717, 1.165) is 6.54 Å². The first-order valence-corrected chi connectivity index (χ1v) is 7.25. The summed E-state index contributed by atoms with van der Waals surface area (Å²) in [5.74, 6) is 1.49. The van der Waals surface area contributed by atoms with E-state index in [1.807, 2.05) is 12.5 Å². The highest BCUT2D eigenvalue weighted by Gasteiger charge is 2.24. The average Bonchev–Trinajstić information content (AvgIpc) is 2.74. The van der Waals surface area contributed by atoms with Gasteiger partial charge in [-0.25, -0.2) is 4.98 Å². The molecule has 0 spiro atoms. The molecule has 2 N–H and O–H groups in total. The lowest BCUT2D eigenvalue weighted by Crippen LogP contribution is -2.31. The zero-order valence-electron chi connectivity index (χ0n) is 13.3. The van der Waals surface area contributed by atoms with Crippen LogP contribution in [0, 0.1) is 11.8 Å². The number of aromatic nitrogens is 2. The molecule has 1 rings (SSSR count). The number of nitrogens with two attached hydrogens (primary N) is 1. The molecule has 0 aliphatic carbocycles. The maximum absolute atomic E-state index is 5.96. The fourth-order valence-electron chi connectivity index (χ4n) is 2.61. The van der Waals surface area contributed by atoms with Crippen LogP contribution in [0.2, 0.25) is 0 Å². The summed E-state index contributed by atoms with van der Waals surface area (Å²) in [5, 5.41) is 0. The normalized spacial score (nSPS) is 15.5. The van der Waals surface area contributed by atoms with E-state index < -0.39 is 0 Å². The average molecular weight is 266 g/mol. The van der Waals surface area contributed by atoms with Crippen molar-refractivity contribution in [3.8, 4) is 0 Å². The summed E-state index contributed by atoms with van der Waals surface area (Å²) < 4.78 is 2.34. The van der Waals surface area contributed by atoms with Crippen LogP contribution in [-0.4, -0.2) is 41.6 Å². The summed E-state index contributed by atoms with van der Waals surface area (Å²) in [6.45, 7) is 10.7. The van der Waals surface area contributed by atoms with Gasteiger partial charge in [-0.1, -0.05) is 27.7 Å². The molecule has 0 aromatic carbocycles. The minimum Gasteiger partial charge on any atom is -0.330 e. The third-order valence-corrected chi connectivity index (χ3v) is 3.81. The molecule has 4 heteroatoms. The Labute approximate surface area is 118 Å². The van der Waals surface area contributed by atoms with Gasteiger partial charge >= 0.3 is 0 Å². The smallest absolute Gasteiger partial charge is 0.0951 e. The SMILES string of the molecule is CC(C)C(CN)c1cncn1C(CN(C)C)C(C)C. The first-order valence-electron chi connectivity index (χ1n) is 7.25. The molecule has 0 aliphatic heterocycles. The van der Waals surface area contributed by atoms with Gasteiger partial charge in [0.1, 0.15) is 0 Å². The summed E-state index contributed by atoms with van der Waals surface area (Å²) in [4.78, 5) is 6.61. The van der Waals surface area contributed by atoms with E-state index in [1.165, 1.54) is 5.69 Å². The fraction of sp³-hybridized carbons (Fsp3) is 0.800. The minimum absolute atomic E-state index is 0.380. The lowest BCUT2D eigenvalue weighted by molar-refractivity contribution is 0.260. The van der Waals surface area contributed by atoms with E-state index in [0.29, 0.717) is 30.3 Å². The van der Waals surface area contributed by atoms with Crippen molar-refractivity contribution in [2.24, 2.45) is 17.6 Å². The molecule has 0 saturated carbocycles. The summed E-state index contributed by atoms with van der Waals surface area (Å²) in [6.07, 6.45) is 3.96. The molecule has 110 valence electrons. The molecule has 0 bridgehead atoms. The first-order chi connectivity index (χ1) is 8.88. The Bertz CT molecular complexity index is 368. The van der Waals surface area contributed by atoms with Crippen LogP contribution in [0.3, 0.4) is 0 Å². The van der Waals surface area contributed by atoms with Gasteiger partial charge in [-0.2, -0.15) is 0 Å². The largest absolute Gasteiger partial charge is 0.330 e. The monoisotopic (exact) mass is 266 g/mol. The van der Waals surface area contributed by atoms with E-state index >= 15 is 0 Å². The highest BCUT2D eigenvalue weighted by molar-refractivity contribution is 5.10. The van der Waals surface area contributed by atoms with Gasteiger partial charge < -0.3 is 15.2 Å². The van der Waals surface area contributed by atoms with Crippen molar-refractivity contribution in [1.82, 2.24) is 14.5 Å².